The maximum absolute atomic E-state index is 12.6. The molecular formula is C19H29ClN2O5S. The molecule has 1 amide bonds. The van der Waals surface area contributed by atoms with E-state index in [1.807, 2.05) is 0 Å². The van der Waals surface area contributed by atoms with Crippen molar-refractivity contribution < 1.29 is 22.7 Å². The van der Waals surface area contributed by atoms with E-state index in [4.69, 9.17) is 9.47 Å². The molecule has 1 aromatic rings. The molecule has 2 N–H and O–H groups in total. The molecule has 2 aliphatic heterocycles. The largest absolute Gasteiger partial charge is 0.490 e. The number of benzene rings is 1. The molecule has 1 saturated heterocycles. The Hall–Kier alpha value is -1.51. The summed E-state index contributed by atoms with van der Waals surface area (Å²) in [6, 6.07) is 4.62. The Morgan fingerprint density at radius 3 is 2.57 bits per heavy atom. The normalized spacial score (nSPS) is 18.5. The second-order valence-electron chi connectivity index (χ2n) is 7.57. The zero-order chi connectivity index (χ0) is 19.3. The van der Waals surface area contributed by atoms with E-state index in [1.165, 1.54) is 12.1 Å². The predicted octanol–water partition coefficient (Wildman–Crippen LogP) is 1.94. The van der Waals surface area contributed by atoms with Crippen LogP contribution in [0.5, 0.6) is 11.5 Å². The molecule has 0 radical (unpaired) electrons. The van der Waals surface area contributed by atoms with Crippen LogP contribution in [0.25, 0.3) is 0 Å². The zero-order valence-corrected chi connectivity index (χ0v) is 17.8. The van der Waals surface area contributed by atoms with Crippen molar-refractivity contribution in [1.82, 2.24) is 10.6 Å². The number of carbonyl (C=O) groups is 1. The van der Waals surface area contributed by atoms with Gasteiger partial charge in [-0.25, -0.2) is 8.42 Å². The van der Waals surface area contributed by atoms with E-state index in [0.717, 1.165) is 32.4 Å². The molecule has 3 rings (SSSR count). The summed E-state index contributed by atoms with van der Waals surface area (Å²) in [4.78, 5) is 12.3. The van der Waals surface area contributed by atoms with Crippen LogP contribution in [0.15, 0.2) is 23.1 Å². The Balaban J connectivity index is 0.00000280. The van der Waals surface area contributed by atoms with Gasteiger partial charge in [-0.3, -0.25) is 4.79 Å². The highest BCUT2D eigenvalue weighted by Gasteiger charge is 2.27. The van der Waals surface area contributed by atoms with Crippen molar-refractivity contribution in [3.63, 3.8) is 0 Å². The number of hydrogen-bond acceptors (Lipinski definition) is 6. The van der Waals surface area contributed by atoms with Gasteiger partial charge in [0.1, 0.15) is 0 Å². The van der Waals surface area contributed by atoms with Crippen molar-refractivity contribution in [1.29, 1.82) is 0 Å². The third-order valence-electron chi connectivity index (χ3n) is 5.20. The number of carbonyl (C=O) groups excluding carboxylic acids is 1. The number of halogens is 1. The van der Waals surface area contributed by atoms with Gasteiger partial charge in [0.05, 0.1) is 23.9 Å². The van der Waals surface area contributed by atoms with E-state index in [-0.39, 0.29) is 40.8 Å². The highest BCUT2D eigenvalue weighted by molar-refractivity contribution is 7.91. The fourth-order valence-electron chi connectivity index (χ4n) is 3.29. The van der Waals surface area contributed by atoms with Crippen molar-refractivity contribution in [3.8, 4) is 11.5 Å². The minimum Gasteiger partial charge on any atom is -0.490 e. The molecule has 0 aromatic heterocycles. The van der Waals surface area contributed by atoms with E-state index in [0.29, 0.717) is 31.3 Å². The molecule has 1 fully saturated rings. The number of sulfone groups is 1. The van der Waals surface area contributed by atoms with Gasteiger partial charge < -0.3 is 20.1 Å². The minimum absolute atomic E-state index is 0. The number of hydrogen-bond donors (Lipinski definition) is 2. The lowest BCUT2D eigenvalue weighted by molar-refractivity contribution is -0.121. The smallest absolute Gasteiger partial charge is 0.221 e. The number of amides is 1. The van der Waals surface area contributed by atoms with Crippen LogP contribution in [-0.2, 0) is 14.6 Å². The van der Waals surface area contributed by atoms with Gasteiger partial charge >= 0.3 is 0 Å². The molecule has 0 spiro atoms. The summed E-state index contributed by atoms with van der Waals surface area (Å²) in [6.07, 6.45) is 2.71. The lowest BCUT2D eigenvalue weighted by atomic mass is 9.81. The summed E-state index contributed by atoms with van der Waals surface area (Å²) in [5.74, 6) is 0.542. The van der Waals surface area contributed by atoms with Crippen molar-refractivity contribution in [2.45, 2.75) is 37.5 Å². The number of rotatable bonds is 6. The Kier molecular flexibility index (Phi) is 7.97. The van der Waals surface area contributed by atoms with Gasteiger partial charge in [0.25, 0.3) is 0 Å². The maximum Gasteiger partial charge on any atom is 0.221 e. The van der Waals surface area contributed by atoms with Gasteiger partial charge in [-0.15, -0.1) is 12.4 Å². The lowest BCUT2D eigenvalue weighted by Crippen LogP contribution is -2.43. The summed E-state index contributed by atoms with van der Waals surface area (Å²) < 4.78 is 36.3. The Bertz CT molecular complexity index is 779. The van der Waals surface area contributed by atoms with E-state index in [1.54, 1.807) is 6.07 Å². The van der Waals surface area contributed by atoms with Gasteiger partial charge in [-0.1, -0.05) is 6.92 Å². The van der Waals surface area contributed by atoms with Crippen LogP contribution in [0.3, 0.4) is 0 Å². The monoisotopic (exact) mass is 432 g/mol. The maximum atomic E-state index is 12.6. The molecule has 158 valence electrons. The summed E-state index contributed by atoms with van der Waals surface area (Å²) in [5.41, 5.74) is 0.0775. The van der Waals surface area contributed by atoms with Crippen molar-refractivity contribution >= 4 is 28.2 Å². The van der Waals surface area contributed by atoms with E-state index in [9.17, 15) is 13.2 Å². The van der Waals surface area contributed by atoms with E-state index >= 15 is 0 Å². The highest BCUT2D eigenvalue weighted by Crippen LogP contribution is 2.32. The van der Waals surface area contributed by atoms with Crippen molar-refractivity contribution in [2.24, 2.45) is 5.41 Å². The molecule has 0 aliphatic carbocycles. The first kappa shape index (κ1) is 22.8. The van der Waals surface area contributed by atoms with Crippen LogP contribution in [0.1, 0.15) is 32.6 Å². The number of ether oxygens (including phenoxy) is 2. The van der Waals surface area contributed by atoms with Crippen LogP contribution in [0, 0.1) is 5.41 Å². The number of fused-ring (bicyclic) bond motifs is 1. The minimum atomic E-state index is -3.57. The van der Waals surface area contributed by atoms with Gasteiger partial charge in [0.15, 0.2) is 21.3 Å². The average molecular weight is 433 g/mol. The number of nitrogens with one attached hydrogen (secondary N) is 2. The molecule has 1 aromatic carbocycles. The molecular weight excluding hydrogens is 404 g/mol. The van der Waals surface area contributed by atoms with Crippen LogP contribution < -0.4 is 20.1 Å². The van der Waals surface area contributed by atoms with Crippen LogP contribution in [-0.4, -0.2) is 52.9 Å². The quantitative estimate of drug-likeness (QED) is 0.713. The van der Waals surface area contributed by atoms with E-state index < -0.39 is 9.84 Å². The highest BCUT2D eigenvalue weighted by atomic mass is 35.5. The topological polar surface area (TPSA) is 93.7 Å². The first-order chi connectivity index (χ1) is 12.9. The SMILES string of the molecule is CC1(CNC(=O)CCS(=O)(=O)c2ccc3c(c2)OCCCO3)CCNCC1.Cl. The van der Waals surface area contributed by atoms with Gasteiger partial charge in [-0.05, 0) is 43.5 Å². The Labute approximate surface area is 172 Å². The summed E-state index contributed by atoms with van der Waals surface area (Å²) in [7, 11) is -3.57. The van der Waals surface area contributed by atoms with Crippen LogP contribution in [0.4, 0.5) is 0 Å². The lowest BCUT2D eigenvalue weighted by Gasteiger charge is -2.34. The van der Waals surface area contributed by atoms with Crippen LogP contribution in [0.2, 0.25) is 0 Å². The summed E-state index contributed by atoms with van der Waals surface area (Å²) in [5, 5.41) is 6.20. The second kappa shape index (κ2) is 9.80. The second-order valence-corrected chi connectivity index (χ2v) is 9.67. The average Bonchev–Trinajstić information content (AvgIpc) is 2.90. The van der Waals surface area contributed by atoms with E-state index in [2.05, 4.69) is 17.6 Å². The van der Waals surface area contributed by atoms with Gasteiger partial charge in [0.2, 0.25) is 5.91 Å². The zero-order valence-electron chi connectivity index (χ0n) is 16.2. The van der Waals surface area contributed by atoms with Crippen molar-refractivity contribution in [2.75, 3.05) is 38.6 Å². The summed E-state index contributed by atoms with van der Waals surface area (Å²) >= 11 is 0. The van der Waals surface area contributed by atoms with Gasteiger partial charge in [-0.2, -0.15) is 0 Å². The molecule has 0 saturated carbocycles. The number of piperidine rings is 1. The summed E-state index contributed by atoms with van der Waals surface area (Å²) in [6.45, 7) is 5.68. The molecule has 28 heavy (non-hydrogen) atoms. The molecule has 0 bridgehead atoms. The standard InChI is InChI=1S/C19H28N2O5S.ClH/c1-19(6-8-20-9-7-19)14-21-18(22)5-12-27(23,24)15-3-4-16-17(13-15)26-11-2-10-25-16;/h3-4,13,20H,2,5-12,14H2,1H3,(H,21,22);1H. The fourth-order valence-corrected chi connectivity index (χ4v) is 4.54. The first-order valence-corrected chi connectivity index (χ1v) is 11.1. The fraction of sp³-hybridized carbons (Fsp3) is 0.632. The Morgan fingerprint density at radius 1 is 1.18 bits per heavy atom. The van der Waals surface area contributed by atoms with Gasteiger partial charge in [0, 0.05) is 25.5 Å². The molecule has 2 aliphatic rings. The molecule has 2 heterocycles. The molecule has 7 nitrogen and oxygen atoms in total. The molecule has 0 unspecified atom stereocenters. The molecule has 0 atom stereocenters. The molecule has 9 heteroatoms. The Morgan fingerprint density at radius 2 is 1.86 bits per heavy atom. The van der Waals surface area contributed by atoms with Crippen LogP contribution >= 0.6 is 12.4 Å². The first-order valence-electron chi connectivity index (χ1n) is 9.48. The third kappa shape index (κ3) is 5.99. The van der Waals surface area contributed by atoms with Crippen molar-refractivity contribution in [3.05, 3.63) is 18.2 Å². The third-order valence-corrected chi connectivity index (χ3v) is 6.91. The predicted molar refractivity (Wildman–Crippen MR) is 109 cm³/mol.